The molecule has 1 saturated heterocycles. The number of hydrogen-bond acceptors (Lipinski definition) is 4. The molecule has 6 nitrogen and oxygen atoms in total. The first-order valence-corrected chi connectivity index (χ1v) is 9.73. The van der Waals surface area contributed by atoms with Crippen LogP contribution in [0, 0.1) is 6.92 Å². The van der Waals surface area contributed by atoms with Crippen molar-refractivity contribution < 1.29 is 9.47 Å². The summed E-state index contributed by atoms with van der Waals surface area (Å²) in [6.07, 6.45) is 2.23. The van der Waals surface area contributed by atoms with Crippen LogP contribution >= 0.6 is 12.2 Å². The Kier molecular flexibility index (Phi) is 6.82. The van der Waals surface area contributed by atoms with Gasteiger partial charge in [-0.3, -0.25) is 4.79 Å². The molecule has 146 valence electrons. The minimum atomic E-state index is -0.0786. The van der Waals surface area contributed by atoms with Crippen LogP contribution in [0.4, 0.5) is 0 Å². The van der Waals surface area contributed by atoms with E-state index in [1.54, 1.807) is 7.11 Å². The van der Waals surface area contributed by atoms with Crippen LogP contribution in [0.15, 0.2) is 29.1 Å². The number of rotatable bonds is 7. The van der Waals surface area contributed by atoms with E-state index in [1.807, 2.05) is 36.1 Å². The number of benzene rings is 1. The Morgan fingerprint density at radius 2 is 2.30 bits per heavy atom. The Hall–Kier alpha value is -1.96. The lowest BCUT2D eigenvalue weighted by Gasteiger charge is -2.28. The number of nitrogens with one attached hydrogen (secondary N) is 2. The molecule has 3 rings (SSSR count). The van der Waals surface area contributed by atoms with E-state index >= 15 is 0 Å². The molecule has 0 radical (unpaired) electrons. The number of hydrogen-bond donors (Lipinski definition) is 2. The number of fused-ring (bicyclic) bond motifs is 1. The molecule has 1 aliphatic heterocycles. The smallest absolute Gasteiger partial charge is 0.253 e. The van der Waals surface area contributed by atoms with Crippen LogP contribution in [0.3, 0.4) is 0 Å². The molecule has 2 heterocycles. The van der Waals surface area contributed by atoms with Crippen molar-refractivity contribution in [3.63, 3.8) is 0 Å². The first kappa shape index (κ1) is 19.8. The molecule has 1 aromatic heterocycles. The second-order valence-corrected chi connectivity index (χ2v) is 7.34. The highest BCUT2D eigenvalue weighted by Gasteiger charge is 2.22. The number of aromatic amines is 1. The highest BCUT2D eigenvalue weighted by Crippen LogP contribution is 2.17. The highest BCUT2D eigenvalue weighted by molar-refractivity contribution is 7.80. The van der Waals surface area contributed by atoms with E-state index < -0.39 is 0 Å². The molecule has 7 heteroatoms. The lowest BCUT2D eigenvalue weighted by Crippen LogP contribution is -2.44. The molecule has 2 N–H and O–H groups in total. The van der Waals surface area contributed by atoms with Crippen LogP contribution in [0.2, 0.25) is 0 Å². The standard InChI is InChI=1S/C20H27N3O3S/c1-14-5-6-15-11-16(19(24)22-18(15)10-14)12-23(13-17-4-3-8-26-17)20(27)21-7-9-25-2/h5-6,10-11,17H,3-4,7-9,12-13H2,1-2H3,(H,21,27)(H,22,24)/t17-/m1/s1. The summed E-state index contributed by atoms with van der Waals surface area (Å²) in [5.41, 5.74) is 2.59. The van der Waals surface area contributed by atoms with Gasteiger partial charge in [-0.05, 0) is 55.1 Å². The van der Waals surface area contributed by atoms with Gasteiger partial charge in [0.25, 0.3) is 5.56 Å². The zero-order valence-corrected chi connectivity index (χ0v) is 16.7. The summed E-state index contributed by atoms with van der Waals surface area (Å²) < 4.78 is 10.9. The average molecular weight is 390 g/mol. The van der Waals surface area contributed by atoms with E-state index in [0.29, 0.717) is 36.9 Å². The van der Waals surface area contributed by atoms with Crippen molar-refractivity contribution in [1.29, 1.82) is 0 Å². The van der Waals surface area contributed by atoms with Crippen LogP contribution in [0.1, 0.15) is 24.0 Å². The molecule has 1 aliphatic rings. The normalized spacial score (nSPS) is 16.6. The summed E-state index contributed by atoms with van der Waals surface area (Å²) >= 11 is 5.57. The SMILES string of the molecule is COCCNC(=S)N(Cc1cc2ccc(C)cc2[nH]c1=O)C[C@H]1CCCO1. The molecule has 1 aromatic carbocycles. The summed E-state index contributed by atoms with van der Waals surface area (Å²) in [7, 11) is 1.66. The first-order chi connectivity index (χ1) is 13.1. The van der Waals surface area contributed by atoms with Gasteiger partial charge in [-0.15, -0.1) is 0 Å². The molecule has 0 aliphatic carbocycles. The number of H-pyrrole nitrogens is 1. The summed E-state index contributed by atoms with van der Waals surface area (Å²) in [4.78, 5) is 17.6. The summed E-state index contributed by atoms with van der Waals surface area (Å²) in [6, 6.07) is 8.02. The van der Waals surface area contributed by atoms with Gasteiger partial charge < -0.3 is 24.7 Å². The fraction of sp³-hybridized carbons (Fsp3) is 0.500. The van der Waals surface area contributed by atoms with Gasteiger partial charge in [-0.2, -0.15) is 0 Å². The van der Waals surface area contributed by atoms with E-state index in [9.17, 15) is 4.79 Å². The molecular formula is C20H27N3O3S. The van der Waals surface area contributed by atoms with E-state index in [4.69, 9.17) is 21.7 Å². The van der Waals surface area contributed by atoms with Crippen molar-refractivity contribution in [2.75, 3.05) is 33.4 Å². The maximum absolute atomic E-state index is 12.6. The third-order valence-electron chi connectivity index (χ3n) is 4.76. The van der Waals surface area contributed by atoms with Gasteiger partial charge in [0.15, 0.2) is 5.11 Å². The van der Waals surface area contributed by atoms with Crippen molar-refractivity contribution in [1.82, 2.24) is 15.2 Å². The predicted molar refractivity (Wildman–Crippen MR) is 111 cm³/mol. The predicted octanol–water partition coefficient (Wildman–Crippen LogP) is 2.34. The van der Waals surface area contributed by atoms with Crippen LogP contribution < -0.4 is 10.9 Å². The number of aromatic nitrogens is 1. The summed E-state index contributed by atoms with van der Waals surface area (Å²) in [5, 5.41) is 4.84. The van der Waals surface area contributed by atoms with Crippen molar-refractivity contribution in [3.05, 3.63) is 45.7 Å². The zero-order valence-electron chi connectivity index (χ0n) is 15.9. The van der Waals surface area contributed by atoms with E-state index in [0.717, 1.165) is 35.9 Å². The zero-order chi connectivity index (χ0) is 19.2. The van der Waals surface area contributed by atoms with Crippen LogP contribution in [-0.2, 0) is 16.0 Å². The third-order valence-corrected chi connectivity index (χ3v) is 5.16. The Morgan fingerprint density at radius 1 is 1.44 bits per heavy atom. The average Bonchev–Trinajstić information content (AvgIpc) is 3.15. The molecule has 1 fully saturated rings. The maximum atomic E-state index is 12.6. The Balaban J connectivity index is 1.80. The van der Waals surface area contributed by atoms with Crippen molar-refractivity contribution in [3.8, 4) is 0 Å². The third kappa shape index (κ3) is 5.28. The number of methoxy groups -OCH3 is 1. The minimum Gasteiger partial charge on any atom is -0.383 e. The van der Waals surface area contributed by atoms with Crippen molar-refractivity contribution in [2.24, 2.45) is 0 Å². The number of ether oxygens (including phenoxy) is 2. The largest absolute Gasteiger partial charge is 0.383 e. The van der Waals surface area contributed by atoms with Crippen LogP contribution in [0.5, 0.6) is 0 Å². The quantitative estimate of drug-likeness (QED) is 0.560. The van der Waals surface area contributed by atoms with Gasteiger partial charge >= 0.3 is 0 Å². The highest BCUT2D eigenvalue weighted by atomic mass is 32.1. The van der Waals surface area contributed by atoms with Crippen LogP contribution in [-0.4, -0.2) is 54.5 Å². The van der Waals surface area contributed by atoms with Crippen molar-refractivity contribution in [2.45, 2.75) is 32.4 Å². The topological polar surface area (TPSA) is 66.6 Å². The molecule has 27 heavy (non-hydrogen) atoms. The fourth-order valence-corrected chi connectivity index (χ4v) is 3.55. The number of aryl methyl sites for hydroxylation is 1. The van der Waals surface area contributed by atoms with Gasteiger partial charge in [0.1, 0.15) is 0 Å². The molecule has 0 bridgehead atoms. The molecule has 0 spiro atoms. The van der Waals surface area contributed by atoms with Crippen molar-refractivity contribution >= 4 is 28.2 Å². The summed E-state index contributed by atoms with van der Waals surface area (Å²) in [6.45, 7) is 5.12. The first-order valence-electron chi connectivity index (χ1n) is 9.32. The van der Waals surface area contributed by atoms with E-state index in [1.165, 1.54) is 0 Å². The minimum absolute atomic E-state index is 0.0786. The molecule has 2 aromatic rings. The lowest BCUT2D eigenvalue weighted by molar-refractivity contribution is 0.0895. The lowest BCUT2D eigenvalue weighted by atomic mass is 10.1. The van der Waals surface area contributed by atoms with Gasteiger partial charge in [0.05, 0.1) is 19.3 Å². The monoisotopic (exact) mass is 389 g/mol. The maximum Gasteiger partial charge on any atom is 0.253 e. The van der Waals surface area contributed by atoms with E-state index in [-0.39, 0.29) is 11.7 Å². The molecule has 0 saturated carbocycles. The number of nitrogens with zero attached hydrogens (tertiary/aromatic N) is 1. The second-order valence-electron chi connectivity index (χ2n) is 6.95. The fourth-order valence-electron chi connectivity index (χ4n) is 3.31. The van der Waals surface area contributed by atoms with Gasteiger partial charge in [0, 0.05) is 37.9 Å². The number of thiocarbonyl (C=S) groups is 1. The Bertz CT molecular complexity index is 846. The summed E-state index contributed by atoms with van der Waals surface area (Å²) in [5.74, 6) is 0. The molecular weight excluding hydrogens is 362 g/mol. The molecule has 0 amide bonds. The van der Waals surface area contributed by atoms with Gasteiger partial charge in [0.2, 0.25) is 0 Å². The van der Waals surface area contributed by atoms with Crippen LogP contribution in [0.25, 0.3) is 10.9 Å². The van der Waals surface area contributed by atoms with E-state index in [2.05, 4.69) is 10.3 Å². The molecule has 1 atom stereocenters. The Labute approximate surface area is 164 Å². The Morgan fingerprint density at radius 3 is 3.04 bits per heavy atom. The molecule has 0 unspecified atom stereocenters. The number of pyridine rings is 1. The second kappa shape index (κ2) is 9.30. The van der Waals surface area contributed by atoms with Gasteiger partial charge in [-0.1, -0.05) is 12.1 Å². The van der Waals surface area contributed by atoms with Gasteiger partial charge in [-0.25, -0.2) is 0 Å².